The molecule has 3 heteroatoms. The average Bonchev–Trinajstić information content (AvgIpc) is 2.61. The van der Waals surface area contributed by atoms with E-state index in [4.69, 9.17) is 12.2 Å². The number of para-hydroxylation sites is 2. The molecule has 1 aliphatic rings. The minimum absolute atomic E-state index is 0.472. The van der Waals surface area contributed by atoms with E-state index in [2.05, 4.69) is 61.3 Å². The number of benzene rings is 1. The van der Waals surface area contributed by atoms with Gasteiger partial charge in [-0.3, -0.25) is 0 Å². The Bertz CT molecular complexity index is 589. The van der Waals surface area contributed by atoms with Crippen molar-refractivity contribution in [2.24, 2.45) is 5.41 Å². The molecule has 0 aromatic heterocycles. The molecule has 1 aromatic carbocycles. The van der Waals surface area contributed by atoms with Crippen LogP contribution in [0.3, 0.4) is 0 Å². The topological polar surface area (TPSA) is 15.3 Å². The third kappa shape index (κ3) is 4.38. The molecule has 1 unspecified atom stereocenters. The average molecular weight is 345 g/mol. The molecular formula is C21H32N2S. The Kier molecular flexibility index (Phi) is 6.85. The SMILES string of the molecule is C/C=C(\C)C(=S)Nc1ccccc1N1CCCC(CC)(CCC)C1. The van der Waals surface area contributed by atoms with Crippen molar-refractivity contribution in [2.75, 3.05) is 23.3 Å². The fraction of sp³-hybridized carbons (Fsp3) is 0.571. The summed E-state index contributed by atoms with van der Waals surface area (Å²) in [6, 6.07) is 8.59. The van der Waals surface area contributed by atoms with Crippen molar-refractivity contribution in [2.45, 2.75) is 59.8 Å². The molecule has 0 amide bonds. The number of thiocarbonyl (C=S) groups is 1. The molecule has 1 heterocycles. The molecule has 0 aliphatic carbocycles. The van der Waals surface area contributed by atoms with Crippen molar-refractivity contribution in [1.29, 1.82) is 0 Å². The van der Waals surface area contributed by atoms with Crippen LogP contribution in [0.1, 0.15) is 59.8 Å². The molecule has 0 bridgehead atoms. The van der Waals surface area contributed by atoms with Crippen LogP contribution in [0.5, 0.6) is 0 Å². The van der Waals surface area contributed by atoms with Crippen LogP contribution in [0.4, 0.5) is 11.4 Å². The third-order valence-corrected chi connectivity index (χ3v) is 5.90. The van der Waals surface area contributed by atoms with Crippen molar-refractivity contribution in [3.05, 3.63) is 35.9 Å². The fourth-order valence-corrected chi connectivity index (χ4v) is 4.05. The smallest absolute Gasteiger partial charge is 0.106 e. The molecule has 24 heavy (non-hydrogen) atoms. The van der Waals surface area contributed by atoms with Crippen LogP contribution < -0.4 is 10.2 Å². The van der Waals surface area contributed by atoms with Gasteiger partial charge in [-0.15, -0.1) is 0 Å². The molecule has 0 saturated carbocycles. The largest absolute Gasteiger partial charge is 0.369 e. The second kappa shape index (κ2) is 8.66. The van der Waals surface area contributed by atoms with E-state index in [0.29, 0.717) is 5.41 Å². The molecule has 0 spiro atoms. The van der Waals surface area contributed by atoms with Crippen LogP contribution in [0.2, 0.25) is 0 Å². The van der Waals surface area contributed by atoms with Crippen molar-refractivity contribution < 1.29 is 0 Å². The Balaban J connectivity index is 2.24. The van der Waals surface area contributed by atoms with Gasteiger partial charge >= 0.3 is 0 Å². The summed E-state index contributed by atoms with van der Waals surface area (Å²) in [6.07, 6.45) is 8.56. The van der Waals surface area contributed by atoms with Gasteiger partial charge in [-0.1, -0.05) is 50.7 Å². The monoisotopic (exact) mass is 344 g/mol. The lowest BCUT2D eigenvalue weighted by Gasteiger charge is -2.44. The number of piperidine rings is 1. The summed E-state index contributed by atoms with van der Waals surface area (Å²) >= 11 is 5.53. The zero-order valence-electron chi connectivity index (χ0n) is 15.7. The minimum Gasteiger partial charge on any atom is -0.369 e. The van der Waals surface area contributed by atoms with E-state index in [1.165, 1.54) is 37.8 Å². The molecule has 1 N–H and O–H groups in total. The lowest BCUT2D eigenvalue weighted by atomic mass is 9.74. The molecule has 132 valence electrons. The maximum atomic E-state index is 5.53. The quantitative estimate of drug-likeness (QED) is 0.489. The maximum absolute atomic E-state index is 5.53. The van der Waals surface area contributed by atoms with E-state index in [0.717, 1.165) is 29.3 Å². The van der Waals surface area contributed by atoms with Crippen molar-refractivity contribution in [3.8, 4) is 0 Å². The first-order valence-electron chi connectivity index (χ1n) is 9.33. The molecule has 2 nitrogen and oxygen atoms in total. The van der Waals surface area contributed by atoms with Crippen molar-refractivity contribution in [3.63, 3.8) is 0 Å². The number of nitrogens with zero attached hydrogens (tertiary/aromatic N) is 1. The van der Waals surface area contributed by atoms with Crippen LogP contribution >= 0.6 is 12.2 Å². The molecular weight excluding hydrogens is 312 g/mol. The van der Waals surface area contributed by atoms with Crippen LogP contribution in [-0.2, 0) is 0 Å². The van der Waals surface area contributed by atoms with Crippen molar-refractivity contribution >= 4 is 28.6 Å². The van der Waals surface area contributed by atoms with Crippen LogP contribution in [0.15, 0.2) is 35.9 Å². The first kappa shape index (κ1) is 19.0. The van der Waals surface area contributed by atoms with E-state index in [9.17, 15) is 0 Å². The highest BCUT2D eigenvalue weighted by Gasteiger charge is 2.33. The van der Waals surface area contributed by atoms with Gasteiger partial charge in [-0.05, 0) is 62.7 Å². The second-order valence-corrected chi connectivity index (χ2v) is 7.48. The predicted molar refractivity (Wildman–Crippen MR) is 111 cm³/mol. The standard InChI is InChI=1S/C21H32N2S/c1-5-13-21(7-3)14-10-15-23(16-21)19-12-9-8-11-18(19)22-20(24)17(4)6-2/h6,8-9,11-12H,5,7,10,13-16H2,1-4H3,(H,22,24)/b17-6+. The number of nitrogens with one attached hydrogen (secondary N) is 1. The number of anilines is 2. The highest BCUT2D eigenvalue weighted by atomic mass is 32.1. The molecule has 1 saturated heterocycles. The van der Waals surface area contributed by atoms with Gasteiger partial charge in [0.15, 0.2) is 0 Å². The zero-order valence-corrected chi connectivity index (χ0v) is 16.5. The lowest BCUT2D eigenvalue weighted by molar-refractivity contribution is 0.202. The van der Waals surface area contributed by atoms with Gasteiger partial charge in [-0.2, -0.15) is 0 Å². The Labute approximate surface area is 153 Å². The first-order valence-corrected chi connectivity index (χ1v) is 9.74. The van der Waals surface area contributed by atoms with Crippen molar-refractivity contribution in [1.82, 2.24) is 0 Å². The molecule has 2 rings (SSSR count). The molecule has 1 fully saturated rings. The zero-order chi connectivity index (χ0) is 17.6. The second-order valence-electron chi connectivity index (χ2n) is 7.07. The van der Waals surface area contributed by atoms with Gasteiger partial charge < -0.3 is 10.2 Å². The molecule has 1 aromatic rings. The van der Waals surface area contributed by atoms with Gasteiger partial charge in [0.2, 0.25) is 0 Å². The Morgan fingerprint density at radius 2 is 2.08 bits per heavy atom. The highest BCUT2D eigenvalue weighted by Crippen LogP contribution is 2.40. The summed E-state index contributed by atoms with van der Waals surface area (Å²) in [7, 11) is 0. The maximum Gasteiger partial charge on any atom is 0.106 e. The number of allylic oxidation sites excluding steroid dienone is 1. The van der Waals surface area contributed by atoms with E-state index in [1.807, 2.05) is 6.92 Å². The number of hydrogen-bond acceptors (Lipinski definition) is 2. The summed E-state index contributed by atoms with van der Waals surface area (Å²) in [5.74, 6) is 0. The predicted octanol–water partition coefficient (Wildman–Crippen LogP) is 6.19. The van der Waals surface area contributed by atoms with Gasteiger partial charge in [0, 0.05) is 13.1 Å². The van der Waals surface area contributed by atoms with E-state index in [-0.39, 0.29) is 0 Å². The van der Waals surface area contributed by atoms with Gasteiger partial charge in [0.25, 0.3) is 0 Å². The van der Waals surface area contributed by atoms with E-state index >= 15 is 0 Å². The Morgan fingerprint density at radius 3 is 2.75 bits per heavy atom. The summed E-state index contributed by atoms with van der Waals surface area (Å²) in [5.41, 5.74) is 4.01. The van der Waals surface area contributed by atoms with Gasteiger partial charge in [0.05, 0.1) is 11.4 Å². The summed E-state index contributed by atoms with van der Waals surface area (Å²) in [4.78, 5) is 3.38. The Hall–Kier alpha value is -1.35. The molecule has 1 atom stereocenters. The lowest BCUT2D eigenvalue weighted by Crippen LogP contribution is -2.43. The van der Waals surface area contributed by atoms with Gasteiger partial charge in [0.1, 0.15) is 4.99 Å². The molecule has 1 aliphatic heterocycles. The molecule has 0 radical (unpaired) electrons. The number of hydrogen-bond donors (Lipinski definition) is 1. The normalized spacial score (nSPS) is 21.7. The Morgan fingerprint density at radius 1 is 1.33 bits per heavy atom. The summed E-state index contributed by atoms with van der Waals surface area (Å²) < 4.78 is 0. The first-order chi connectivity index (χ1) is 11.5. The number of rotatable bonds is 6. The van der Waals surface area contributed by atoms with Crippen LogP contribution in [-0.4, -0.2) is 18.1 Å². The summed E-state index contributed by atoms with van der Waals surface area (Å²) in [6.45, 7) is 11.0. The van der Waals surface area contributed by atoms with E-state index in [1.54, 1.807) is 0 Å². The fourth-order valence-electron chi connectivity index (χ4n) is 3.82. The van der Waals surface area contributed by atoms with Gasteiger partial charge in [-0.25, -0.2) is 0 Å². The minimum atomic E-state index is 0.472. The summed E-state index contributed by atoms with van der Waals surface area (Å²) in [5, 5.41) is 3.46. The van der Waals surface area contributed by atoms with E-state index < -0.39 is 0 Å². The van der Waals surface area contributed by atoms with Crippen LogP contribution in [0.25, 0.3) is 0 Å². The highest BCUT2D eigenvalue weighted by molar-refractivity contribution is 7.81. The third-order valence-electron chi connectivity index (χ3n) is 5.48. The van der Waals surface area contributed by atoms with Crippen LogP contribution in [0, 0.1) is 5.41 Å².